The molecule has 0 N–H and O–H groups in total. The van der Waals surface area contributed by atoms with E-state index in [0.29, 0.717) is 11.4 Å². The van der Waals surface area contributed by atoms with E-state index in [2.05, 4.69) is 12.1 Å². The number of benzene rings is 2. The first kappa shape index (κ1) is 13.2. The second-order valence-corrected chi connectivity index (χ2v) is 5.45. The fraction of sp³-hybridized carbons (Fsp3) is 0.133. The lowest BCUT2D eigenvalue weighted by atomic mass is 10.1. The van der Waals surface area contributed by atoms with Gasteiger partial charge in [-0.1, -0.05) is 29.8 Å². The summed E-state index contributed by atoms with van der Waals surface area (Å²) in [7, 11) is 0. The predicted molar refractivity (Wildman–Crippen MR) is 77.6 cm³/mol. The highest BCUT2D eigenvalue weighted by atomic mass is 35.5. The summed E-state index contributed by atoms with van der Waals surface area (Å²) < 4.78 is 0. The van der Waals surface area contributed by atoms with E-state index in [9.17, 15) is 4.79 Å². The Kier molecular flexibility index (Phi) is 4.85. The lowest BCUT2D eigenvalue weighted by molar-refractivity contribution is 0.0989. The molecule has 0 saturated carbocycles. The molecular formula is C15H13ClOS. The Morgan fingerprint density at radius 2 is 1.67 bits per heavy atom. The molecule has 1 nitrogen and oxygen atoms in total. The number of ketones is 1. The molecule has 0 aliphatic carbocycles. The first-order valence-corrected chi connectivity index (χ1v) is 7.09. The van der Waals surface area contributed by atoms with Gasteiger partial charge in [0, 0.05) is 27.7 Å². The SMILES string of the molecule is O=C(CCSc1ccccc1)c1ccc(Cl)cc1. The third-order valence-corrected chi connectivity index (χ3v) is 3.77. The normalized spacial score (nSPS) is 10.3. The molecule has 0 radical (unpaired) electrons. The minimum absolute atomic E-state index is 0.162. The van der Waals surface area contributed by atoms with Crippen LogP contribution in [0.1, 0.15) is 16.8 Å². The number of carbonyl (C=O) groups is 1. The van der Waals surface area contributed by atoms with Gasteiger partial charge in [-0.25, -0.2) is 0 Å². The van der Waals surface area contributed by atoms with Gasteiger partial charge in [0.1, 0.15) is 0 Å². The summed E-state index contributed by atoms with van der Waals surface area (Å²) in [6, 6.07) is 17.2. The van der Waals surface area contributed by atoms with Crippen LogP contribution in [0, 0.1) is 0 Å². The molecule has 0 saturated heterocycles. The molecule has 92 valence electrons. The quantitative estimate of drug-likeness (QED) is 0.581. The molecule has 0 unspecified atom stereocenters. The monoisotopic (exact) mass is 276 g/mol. The van der Waals surface area contributed by atoms with Crippen molar-refractivity contribution in [1.82, 2.24) is 0 Å². The van der Waals surface area contributed by atoms with Crippen LogP contribution in [-0.4, -0.2) is 11.5 Å². The molecule has 2 rings (SSSR count). The third-order valence-electron chi connectivity index (χ3n) is 2.51. The summed E-state index contributed by atoms with van der Waals surface area (Å²) in [5.74, 6) is 0.959. The van der Waals surface area contributed by atoms with Crippen molar-refractivity contribution in [3.8, 4) is 0 Å². The summed E-state index contributed by atoms with van der Waals surface area (Å²) in [6.07, 6.45) is 0.543. The third kappa shape index (κ3) is 3.90. The van der Waals surface area contributed by atoms with E-state index >= 15 is 0 Å². The average Bonchev–Trinajstić information content (AvgIpc) is 2.40. The number of thioether (sulfide) groups is 1. The van der Waals surface area contributed by atoms with Gasteiger partial charge in [0.15, 0.2) is 5.78 Å². The van der Waals surface area contributed by atoms with Crippen molar-refractivity contribution in [1.29, 1.82) is 0 Å². The van der Waals surface area contributed by atoms with Crippen molar-refractivity contribution in [3.05, 3.63) is 65.2 Å². The van der Waals surface area contributed by atoms with Crippen LogP contribution in [0.2, 0.25) is 5.02 Å². The van der Waals surface area contributed by atoms with Crippen molar-refractivity contribution in [2.24, 2.45) is 0 Å². The van der Waals surface area contributed by atoms with Crippen molar-refractivity contribution in [2.45, 2.75) is 11.3 Å². The molecule has 0 bridgehead atoms. The Morgan fingerprint density at radius 1 is 1.00 bits per heavy atom. The molecule has 18 heavy (non-hydrogen) atoms. The number of rotatable bonds is 5. The molecular weight excluding hydrogens is 264 g/mol. The van der Waals surface area contributed by atoms with Crippen molar-refractivity contribution >= 4 is 29.1 Å². The molecule has 0 fully saturated rings. The maximum absolute atomic E-state index is 11.9. The highest BCUT2D eigenvalue weighted by Gasteiger charge is 2.05. The fourth-order valence-electron chi connectivity index (χ4n) is 1.56. The second-order valence-electron chi connectivity index (χ2n) is 3.84. The number of halogens is 1. The summed E-state index contributed by atoms with van der Waals surface area (Å²) in [6.45, 7) is 0. The molecule has 0 amide bonds. The molecule has 0 spiro atoms. The van der Waals surface area contributed by atoms with Crippen molar-refractivity contribution in [3.63, 3.8) is 0 Å². The summed E-state index contributed by atoms with van der Waals surface area (Å²) in [4.78, 5) is 13.1. The maximum Gasteiger partial charge on any atom is 0.163 e. The van der Waals surface area contributed by atoms with Crippen LogP contribution in [0.5, 0.6) is 0 Å². The Balaban J connectivity index is 1.84. The minimum atomic E-state index is 0.162. The first-order chi connectivity index (χ1) is 8.75. The molecule has 0 aliphatic rings. The fourth-order valence-corrected chi connectivity index (χ4v) is 2.56. The smallest absolute Gasteiger partial charge is 0.163 e. The summed E-state index contributed by atoms with van der Waals surface area (Å²) in [5, 5.41) is 0.658. The van der Waals surface area contributed by atoms with E-state index in [1.54, 1.807) is 36.0 Å². The van der Waals surface area contributed by atoms with Crippen LogP contribution >= 0.6 is 23.4 Å². The second kappa shape index (κ2) is 6.62. The van der Waals surface area contributed by atoms with Gasteiger partial charge in [0.2, 0.25) is 0 Å². The molecule has 0 aliphatic heterocycles. The van der Waals surface area contributed by atoms with E-state index in [0.717, 1.165) is 11.3 Å². The molecule has 0 atom stereocenters. The number of hydrogen-bond donors (Lipinski definition) is 0. The van der Waals surface area contributed by atoms with Crippen LogP contribution in [0.4, 0.5) is 0 Å². The molecule has 0 aromatic heterocycles. The van der Waals surface area contributed by atoms with Gasteiger partial charge in [0.05, 0.1) is 0 Å². The number of hydrogen-bond acceptors (Lipinski definition) is 2. The summed E-state index contributed by atoms with van der Waals surface area (Å²) >= 11 is 7.48. The zero-order chi connectivity index (χ0) is 12.8. The lowest BCUT2D eigenvalue weighted by Crippen LogP contribution is -2.00. The van der Waals surface area contributed by atoms with Gasteiger partial charge < -0.3 is 0 Å². The van der Waals surface area contributed by atoms with Crippen molar-refractivity contribution < 1.29 is 4.79 Å². The molecule has 0 heterocycles. The zero-order valence-corrected chi connectivity index (χ0v) is 11.4. The molecule has 3 heteroatoms. The lowest BCUT2D eigenvalue weighted by Gasteiger charge is -2.02. The average molecular weight is 277 g/mol. The molecule has 2 aromatic rings. The van der Waals surface area contributed by atoms with Crippen LogP contribution in [0.25, 0.3) is 0 Å². The highest BCUT2D eigenvalue weighted by Crippen LogP contribution is 2.19. The Bertz CT molecular complexity index is 508. The van der Waals surface area contributed by atoms with Gasteiger partial charge in [0.25, 0.3) is 0 Å². The van der Waals surface area contributed by atoms with Crippen LogP contribution in [-0.2, 0) is 0 Å². The van der Waals surface area contributed by atoms with Gasteiger partial charge in [-0.2, -0.15) is 0 Å². The minimum Gasteiger partial charge on any atom is -0.294 e. The topological polar surface area (TPSA) is 17.1 Å². The van der Waals surface area contributed by atoms with Crippen LogP contribution < -0.4 is 0 Å². The summed E-state index contributed by atoms with van der Waals surface area (Å²) in [5.41, 5.74) is 0.730. The van der Waals surface area contributed by atoms with Crippen LogP contribution in [0.3, 0.4) is 0 Å². The number of Topliss-reactive ketones (excluding diaryl/α,β-unsaturated/α-hetero) is 1. The largest absolute Gasteiger partial charge is 0.294 e. The van der Waals surface area contributed by atoms with Crippen LogP contribution in [0.15, 0.2) is 59.5 Å². The molecule has 2 aromatic carbocycles. The van der Waals surface area contributed by atoms with E-state index in [4.69, 9.17) is 11.6 Å². The van der Waals surface area contributed by atoms with E-state index in [-0.39, 0.29) is 5.78 Å². The van der Waals surface area contributed by atoms with Crippen molar-refractivity contribution in [2.75, 3.05) is 5.75 Å². The van der Waals surface area contributed by atoms with Gasteiger partial charge in [-0.05, 0) is 36.4 Å². The van der Waals surface area contributed by atoms with Gasteiger partial charge in [-0.15, -0.1) is 11.8 Å². The van der Waals surface area contributed by atoms with Gasteiger partial charge >= 0.3 is 0 Å². The maximum atomic E-state index is 11.9. The Hall–Kier alpha value is -1.25. The zero-order valence-electron chi connectivity index (χ0n) is 9.80. The predicted octanol–water partition coefficient (Wildman–Crippen LogP) is 4.71. The van der Waals surface area contributed by atoms with E-state index < -0.39 is 0 Å². The number of carbonyl (C=O) groups excluding carboxylic acids is 1. The Morgan fingerprint density at radius 3 is 2.33 bits per heavy atom. The highest BCUT2D eigenvalue weighted by molar-refractivity contribution is 7.99. The standard InChI is InChI=1S/C15H13ClOS/c16-13-8-6-12(7-9-13)15(17)10-11-18-14-4-2-1-3-5-14/h1-9H,10-11H2. The van der Waals surface area contributed by atoms with Gasteiger partial charge in [-0.3, -0.25) is 4.79 Å². The Labute approximate surface area is 116 Å². The first-order valence-electron chi connectivity index (χ1n) is 5.72. The van der Waals surface area contributed by atoms with E-state index in [1.807, 2.05) is 18.2 Å². The van der Waals surface area contributed by atoms with E-state index in [1.165, 1.54) is 4.90 Å².